The van der Waals surface area contributed by atoms with Crippen molar-refractivity contribution < 1.29 is 9.53 Å². The van der Waals surface area contributed by atoms with Crippen LogP contribution in [0.3, 0.4) is 0 Å². The van der Waals surface area contributed by atoms with Gasteiger partial charge in [-0.2, -0.15) is 0 Å². The molecule has 30 heavy (non-hydrogen) atoms. The smallest absolute Gasteiger partial charge is 0.251 e. The summed E-state index contributed by atoms with van der Waals surface area (Å²) in [5.41, 5.74) is 3.97. The van der Waals surface area contributed by atoms with Crippen molar-refractivity contribution in [2.75, 3.05) is 18.5 Å². The number of hydrogen-bond acceptors (Lipinski definition) is 3. The summed E-state index contributed by atoms with van der Waals surface area (Å²) in [7, 11) is 0. The maximum absolute atomic E-state index is 12.6. The summed E-state index contributed by atoms with van der Waals surface area (Å²) in [4.78, 5) is 17.2. The van der Waals surface area contributed by atoms with Crippen molar-refractivity contribution in [3.63, 3.8) is 0 Å². The Hall–Kier alpha value is -2.18. The van der Waals surface area contributed by atoms with Gasteiger partial charge in [0.05, 0.1) is 30.6 Å². The Kier molecular flexibility index (Phi) is 7.32. The molecule has 0 fully saturated rings. The van der Waals surface area contributed by atoms with Crippen molar-refractivity contribution in [2.24, 2.45) is 4.99 Å². The lowest BCUT2D eigenvalue weighted by atomic mass is 10.1. The normalized spacial score (nSPS) is 16.3. The third-order valence-corrected chi connectivity index (χ3v) is 5.46. The number of hydrogen-bond donors (Lipinski definition) is 2. The highest BCUT2D eigenvalue weighted by Gasteiger charge is 2.24. The monoisotopic (exact) mass is 471 g/mol. The molecule has 0 heterocycles. The largest absolute Gasteiger partial charge is 0.374 e. The summed E-state index contributed by atoms with van der Waals surface area (Å²) in [5, 5.41) is 6.54. The number of halogens is 1. The minimum atomic E-state index is -0.146. The van der Waals surface area contributed by atoms with Crippen LogP contribution in [0, 0.1) is 0 Å². The van der Waals surface area contributed by atoms with Crippen LogP contribution in [0.4, 0.5) is 5.69 Å². The second-order valence-corrected chi connectivity index (χ2v) is 9.45. The van der Waals surface area contributed by atoms with Crippen LogP contribution in [0.1, 0.15) is 61.6 Å². The number of aliphatic imine (C=N–C) groups is 1. The molecular formula is C24H30BrN3O2. The second kappa shape index (κ2) is 9.75. The van der Waals surface area contributed by atoms with Gasteiger partial charge in [-0.25, -0.2) is 0 Å². The number of carbonyl (C=O) groups excluding carboxylic acids is 1. The van der Waals surface area contributed by atoms with Crippen molar-refractivity contribution in [3.8, 4) is 0 Å². The Morgan fingerprint density at radius 2 is 1.93 bits per heavy atom. The summed E-state index contributed by atoms with van der Waals surface area (Å²) in [6.45, 7) is 9.29. The maximum Gasteiger partial charge on any atom is 0.251 e. The lowest BCUT2D eigenvalue weighted by molar-refractivity contribution is 0.00213. The molecule has 3 rings (SSSR count). The minimum absolute atomic E-state index is 0.0235. The highest BCUT2D eigenvalue weighted by atomic mass is 79.9. The fourth-order valence-electron chi connectivity index (χ4n) is 3.49. The molecule has 160 valence electrons. The molecule has 1 aliphatic rings. The Morgan fingerprint density at radius 3 is 2.63 bits per heavy atom. The number of fused-ring (bicyclic) bond motifs is 1. The molecule has 2 N–H and O–H groups in total. The standard InChI is InChI=1S/C24H30BrN3O2/c1-16(26-13-14-30-24(2,3)4)27-20-11-7-17-8-12-22(21(17)15-20)28-23(29)18-5-9-19(25)10-6-18/h5-7,9-11,15,22H,8,12-14H2,1-4H3,(H,26,27)(H,28,29). The molecule has 0 spiro atoms. The Bertz CT molecular complexity index is 917. The van der Waals surface area contributed by atoms with E-state index in [4.69, 9.17) is 4.74 Å². The van der Waals surface area contributed by atoms with Gasteiger partial charge in [0.2, 0.25) is 0 Å². The predicted octanol–water partition coefficient (Wildman–Crippen LogP) is 5.51. The molecule has 1 amide bonds. The number of aryl methyl sites for hydroxylation is 1. The van der Waals surface area contributed by atoms with Gasteiger partial charge < -0.3 is 15.4 Å². The van der Waals surface area contributed by atoms with Gasteiger partial charge in [0.1, 0.15) is 0 Å². The zero-order chi connectivity index (χ0) is 21.7. The Morgan fingerprint density at radius 1 is 1.20 bits per heavy atom. The average Bonchev–Trinajstić information content (AvgIpc) is 3.07. The molecule has 0 aliphatic heterocycles. The molecule has 0 aromatic heterocycles. The first kappa shape index (κ1) is 22.5. The van der Waals surface area contributed by atoms with E-state index in [-0.39, 0.29) is 17.6 Å². The fraction of sp³-hybridized carbons (Fsp3) is 0.417. The number of ether oxygens (including phenoxy) is 1. The van der Waals surface area contributed by atoms with Crippen LogP contribution in [0.15, 0.2) is 51.9 Å². The number of carbonyl (C=O) groups is 1. The van der Waals surface area contributed by atoms with Gasteiger partial charge in [0, 0.05) is 15.7 Å². The van der Waals surface area contributed by atoms with E-state index in [0.717, 1.165) is 28.8 Å². The number of nitrogens with one attached hydrogen (secondary N) is 2. The fourth-order valence-corrected chi connectivity index (χ4v) is 3.75. The third-order valence-electron chi connectivity index (χ3n) is 4.94. The van der Waals surface area contributed by atoms with Crippen LogP contribution in [0.5, 0.6) is 0 Å². The van der Waals surface area contributed by atoms with E-state index in [1.807, 2.05) is 52.0 Å². The molecule has 0 saturated carbocycles. The van der Waals surface area contributed by atoms with Gasteiger partial charge in [0.15, 0.2) is 0 Å². The van der Waals surface area contributed by atoms with Gasteiger partial charge in [-0.05, 0) is 88.1 Å². The zero-order valence-electron chi connectivity index (χ0n) is 18.1. The van der Waals surface area contributed by atoms with Crippen molar-refractivity contribution in [1.29, 1.82) is 0 Å². The van der Waals surface area contributed by atoms with Gasteiger partial charge >= 0.3 is 0 Å². The van der Waals surface area contributed by atoms with Gasteiger partial charge in [-0.15, -0.1) is 0 Å². The lowest BCUT2D eigenvalue weighted by Gasteiger charge is -2.18. The average molecular weight is 472 g/mol. The van der Waals surface area contributed by atoms with Crippen molar-refractivity contribution in [3.05, 3.63) is 63.6 Å². The molecule has 1 aliphatic carbocycles. The van der Waals surface area contributed by atoms with E-state index in [1.165, 1.54) is 11.1 Å². The van der Waals surface area contributed by atoms with E-state index in [1.54, 1.807) is 0 Å². The van der Waals surface area contributed by atoms with Crippen LogP contribution in [-0.2, 0) is 11.2 Å². The van der Waals surface area contributed by atoms with Gasteiger partial charge in [-0.3, -0.25) is 9.79 Å². The van der Waals surface area contributed by atoms with Crippen LogP contribution in [-0.4, -0.2) is 30.5 Å². The quantitative estimate of drug-likeness (QED) is 0.331. The highest BCUT2D eigenvalue weighted by Crippen LogP contribution is 2.33. The highest BCUT2D eigenvalue weighted by molar-refractivity contribution is 9.10. The summed E-state index contributed by atoms with van der Waals surface area (Å²) in [6, 6.07) is 13.8. The minimum Gasteiger partial charge on any atom is -0.374 e. The number of nitrogens with zero attached hydrogens (tertiary/aromatic N) is 1. The molecule has 6 heteroatoms. The van der Waals surface area contributed by atoms with E-state index in [9.17, 15) is 4.79 Å². The van der Waals surface area contributed by atoms with Gasteiger partial charge in [-0.1, -0.05) is 22.0 Å². The molecule has 2 aromatic rings. The number of benzene rings is 2. The summed E-state index contributed by atoms with van der Waals surface area (Å²) < 4.78 is 6.67. The third kappa shape index (κ3) is 6.41. The molecule has 5 nitrogen and oxygen atoms in total. The first-order chi connectivity index (χ1) is 14.2. The number of anilines is 1. The van der Waals surface area contributed by atoms with E-state index in [0.29, 0.717) is 18.7 Å². The van der Waals surface area contributed by atoms with E-state index >= 15 is 0 Å². The Balaban J connectivity index is 1.61. The maximum atomic E-state index is 12.6. The van der Waals surface area contributed by atoms with Crippen molar-refractivity contribution >= 4 is 33.4 Å². The number of rotatable bonds is 6. The molecule has 0 radical (unpaired) electrons. The lowest BCUT2D eigenvalue weighted by Crippen LogP contribution is -2.27. The van der Waals surface area contributed by atoms with Crippen LogP contribution >= 0.6 is 15.9 Å². The van der Waals surface area contributed by atoms with Crippen LogP contribution in [0.2, 0.25) is 0 Å². The van der Waals surface area contributed by atoms with Crippen LogP contribution < -0.4 is 10.6 Å². The number of amides is 1. The first-order valence-electron chi connectivity index (χ1n) is 10.3. The second-order valence-electron chi connectivity index (χ2n) is 8.54. The van der Waals surface area contributed by atoms with Crippen LogP contribution in [0.25, 0.3) is 0 Å². The summed E-state index contributed by atoms with van der Waals surface area (Å²) in [5.74, 6) is 0.802. The first-order valence-corrected chi connectivity index (χ1v) is 11.1. The zero-order valence-corrected chi connectivity index (χ0v) is 19.7. The number of amidine groups is 1. The SMILES string of the molecule is CC(=NCCOC(C)(C)C)Nc1ccc2c(c1)C(NC(=O)c1ccc(Br)cc1)CC2. The molecule has 0 bridgehead atoms. The van der Waals surface area contributed by atoms with E-state index in [2.05, 4.69) is 49.8 Å². The molecular weight excluding hydrogens is 442 g/mol. The summed E-state index contributed by atoms with van der Waals surface area (Å²) >= 11 is 3.40. The molecule has 1 unspecified atom stereocenters. The topological polar surface area (TPSA) is 62.7 Å². The summed E-state index contributed by atoms with van der Waals surface area (Å²) in [6.07, 6.45) is 1.89. The molecule has 0 saturated heterocycles. The van der Waals surface area contributed by atoms with E-state index < -0.39 is 0 Å². The van der Waals surface area contributed by atoms with Gasteiger partial charge in [0.25, 0.3) is 5.91 Å². The predicted molar refractivity (Wildman–Crippen MR) is 126 cm³/mol. The molecule has 1 atom stereocenters. The van der Waals surface area contributed by atoms with Crippen molar-refractivity contribution in [2.45, 2.75) is 52.2 Å². The van der Waals surface area contributed by atoms with Crippen molar-refractivity contribution in [1.82, 2.24) is 5.32 Å². The molecule has 2 aromatic carbocycles. The Labute approximate surface area is 187 Å².